The van der Waals surface area contributed by atoms with Crippen molar-refractivity contribution in [2.75, 3.05) is 0 Å². The number of carbonyl (C=O) groups is 1. The molecule has 5 nitrogen and oxygen atoms in total. The molecule has 0 bridgehead atoms. The van der Waals surface area contributed by atoms with Gasteiger partial charge in [0.1, 0.15) is 0 Å². The van der Waals surface area contributed by atoms with Crippen LogP contribution in [0.2, 0.25) is 0 Å². The summed E-state index contributed by atoms with van der Waals surface area (Å²) in [7, 11) is 0. The van der Waals surface area contributed by atoms with E-state index in [1.54, 1.807) is 27.7 Å². The first kappa shape index (κ1) is 28.5. The van der Waals surface area contributed by atoms with E-state index in [9.17, 15) is 4.79 Å². The normalized spacial score (nSPS) is 9.19. The smallest absolute Gasteiger partial charge is 0.303 e. The van der Waals surface area contributed by atoms with E-state index in [1.807, 2.05) is 0 Å². The number of hydrogen-bond acceptors (Lipinski definition) is 4. The molecule has 0 saturated carbocycles. The Bertz CT molecular complexity index is 174. The quantitative estimate of drug-likeness (QED) is 0.503. The number of carboxylic acid groups (broad SMARTS) is 1. The van der Waals surface area contributed by atoms with Crippen LogP contribution in [-0.2, 0) is 4.79 Å². The van der Waals surface area contributed by atoms with Crippen molar-refractivity contribution in [3.8, 4) is 0 Å². The van der Waals surface area contributed by atoms with Gasteiger partial charge in [0.15, 0.2) is 0 Å². The zero-order valence-corrected chi connectivity index (χ0v) is 14.8. The molecule has 0 aliphatic carbocycles. The van der Waals surface area contributed by atoms with Crippen LogP contribution in [0.1, 0.15) is 86.0 Å². The van der Waals surface area contributed by atoms with E-state index in [1.165, 1.54) is 32.1 Å². The van der Waals surface area contributed by atoms with Crippen molar-refractivity contribution in [3.63, 3.8) is 0 Å². The van der Waals surface area contributed by atoms with Crippen molar-refractivity contribution in [3.05, 3.63) is 0 Å². The summed E-state index contributed by atoms with van der Waals surface area (Å²) in [5.41, 5.74) is 0. The lowest BCUT2D eigenvalue weighted by molar-refractivity contribution is -0.137. The lowest BCUT2D eigenvalue weighted by atomic mass is 10.1. The molecule has 132 valence electrons. The summed E-state index contributed by atoms with van der Waals surface area (Å²) in [6.07, 6.45) is 8.31. The Balaban J connectivity index is -0.000000134. The number of aliphatic hydroxyl groups excluding tert-OH is 2. The SMILES string of the molecule is CC(C)O.CC(C)O.CCCCCCCCCC(=O)O.N. The average Bonchev–Trinajstić information content (AvgIpc) is 2.26. The molecular weight excluding hydrogens is 270 g/mol. The van der Waals surface area contributed by atoms with Crippen LogP contribution < -0.4 is 6.15 Å². The van der Waals surface area contributed by atoms with Crippen molar-refractivity contribution < 1.29 is 20.1 Å². The largest absolute Gasteiger partial charge is 0.481 e. The van der Waals surface area contributed by atoms with Gasteiger partial charge in [-0.05, 0) is 34.1 Å². The molecule has 21 heavy (non-hydrogen) atoms. The van der Waals surface area contributed by atoms with Crippen molar-refractivity contribution in [2.24, 2.45) is 0 Å². The van der Waals surface area contributed by atoms with Gasteiger partial charge in [-0.15, -0.1) is 0 Å². The Morgan fingerprint density at radius 1 is 0.810 bits per heavy atom. The molecule has 0 amide bonds. The van der Waals surface area contributed by atoms with Crippen LogP contribution in [0.15, 0.2) is 0 Å². The Hall–Kier alpha value is -0.650. The third-order valence-corrected chi connectivity index (χ3v) is 1.99. The molecule has 0 radical (unpaired) electrons. The lowest BCUT2D eigenvalue weighted by Crippen LogP contribution is -1.93. The minimum absolute atomic E-state index is 0. The zero-order chi connectivity index (χ0) is 16.4. The fraction of sp³-hybridized carbons (Fsp3) is 0.938. The van der Waals surface area contributed by atoms with Gasteiger partial charge in [0, 0.05) is 18.6 Å². The molecule has 0 spiro atoms. The molecule has 0 aromatic heterocycles. The van der Waals surface area contributed by atoms with Crippen LogP contribution in [0.4, 0.5) is 0 Å². The summed E-state index contributed by atoms with van der Waals surface area (Å²) in [6, 6.07) is 0. The van der Waals surface area contributed by atoms with E-state index >= 15 is 0 Å². The van der Waals surface area contributed by atoms with E-state index in [4.69, 9.17) is 15.3 Å². The molecule has 0 unspecified atom stereocenters. The summed E-state index contributed by atoms with van der Waals surface area (Å²) in [5, 5.41) is 24.5. The number of hydrogen-bond donors (Lipinski definition) is 4. The minimum atomic E-state index is -0.663. The summed E-state index contributed by atoms with van der Waals surface area (Å²) in [4.78, 5) is 10.1. The van der Waals surface area contributed by atoms with Gasteiger partial charge in [-0.1, -0.05) is 45.4 Å². The highest BCUT2D eigenvalue weighted by Crippen LogP contribution is 2.07. The lowest BCUT2D eigenvalue weighted by Gasteiger charge is -1.98. The van der Waals surface area contributed by atoms with Crippen LogP contribution in [0.3, 0.4) is 0 Å². The van der Waals surface area contributed by atoms with Crippen molar-refractivity contribution >= 4 is 5.97 Å². The molecule has 0 aromatic carbocycles. The van der Waals surface area contributed by atoms with E-state index in [2.05, 4.69) is 6.92 Å². The van der Waals surface area contributed by atoms with Gasteiger partial charge < -0.3 is 21.5 Å². The molecule has 5 heteroatoms. The van der Waals surface area contributed by atoms with Crippen molar-refractivity contribution in [2.45, 2.75) is 98.2 Å². The van der Waals surface area contributed by atoms with E-state index in [-0.39, 0.29) is 18.4 Å². The van der Waals surface area contributed by atoms with Crippen molar-refractivity contribution in [1.29, 1.82) is 0 Å². The number of unbranched alkanes of at least 4 members (excludes halogenated alkanes) is 6. The number of aliphatic hydroxyl groups is 2. The average molecular weight is 309 g/mol. The topological polar surface area (TPSA) is 113 Å². The molecule has 0 heterocycles. The fourth-order valence-electron chi connectivity index (χ4n) is 1.23. The van der Waals surface area contributed by atoms with Crippen LogP contribution in [0.25, 0.3) is 0 Å². The monoisotopic (exact) mass is 309 g/mol. The summed E-state index contributed by atoms with van der Waals surface area (Å²) in [5.74, 6) is -0.663. The van der Waals surface area contributed by atoms with Crippen molar-refractivity contribution in [1.82, 2.24) is 6.15 Å². The molecule has 6 N–H and O–H groups in total. The van der Waals surface area contributed by atoms with E-state index < -0.39 is 5.97 Å². The number of aliphatic carboxylic acids is 1. The predicted octanol–water partition coefficient (Wildman–Crippen LogP) is 4.15. The summed E-state index contributed by atoms with van der Waals surface area (Å²) >= 11 is 0. The van der Waals surface area contributed by atoms with E-state index in [0.717, 1.165) is 12.8 Å². The third-order valence-electron chi connectivity index (χ3n) is 1.99. The van der Waals surface area contributed by atoms with Crippen LogP contribution >= 0.6 is 0 Å². The first-order valence-electron chi connectivity index (χ1n) is 7.81. The second-order valence-electron chi connectivity index (χ2n) is 5.45. The first-order valence-corrected chi connectivity index (χ1v) is 7.81. The predicted molar refractivity (Wildman–Crippen MR) is 90.0 cm³/mol. The Kier molecular flexibility index (Phi) is 33.1. The number of rotatable bonds is 8. The molecule has 0 aliphatic heterocycles. The second kappa shape index (κ2) is 24.4. The Morgan fingerprint density at radius 2 is 1.10 bits per heavy atom. The first-order chi connectivity index (χ1) is 9.23. The molecule has 0 rings (SSSR count). The fourth-order valence-corrected chi connectivity index (χ4v) is 1.23. The van der Waals surface area contributed by atoms with Gasteiger partial charge in [0.25, 0.3) is 0 Å². The third kappa shape index (κ3) is 83.5. The van der Waals surface area contributed by atoms with Crippen LogP contribution in [0.5, 0.6) is 0 Å². The Labute approximate surface area is 131 Å². The second-order valence-corrected chi connectivity index (χ2v) is 5.45. The van der Waals surface area contributed by atoms with Gasteiger partial charge >= 0.3 is 5.97 Å². The van der Waals surface area contributed by atoms with E-state index in [0.29, 0.717) is 6.42 Å². The highest BCUT2D eigenvalue weighted by molar-refractivity contribution is 5.66. The van der Waals surface area contributed by atoms with Gasteiger partial charge in [0.05, 0.1) is 0 Å². The standard InChI is InChI=1S/C10H20O2.2C3H8O.H3N/c1-2-3-4-5-6-7-8-9-10(11)12;2*1-3(2)4;/h2-9H2,1H3,(H,11,12);2*3-4H,1-2H3;1H3. The maximum Gasteiger partial charge on any atom is 0.303 e. The van der Waals surface area contributed by atoms with Gasteiger partial charge in [-0.25, -0.2) is 0 Å². The number of carboxylic acids is 1. The van der Waals surface area contributed by atoms with Gasteiger partial charge in [-0.2, -0.15) is 0 Å². The molecule has 0 fully saturated rings. The van der Waals surface area contributed by atoms with Crippen LogP contribution in [-0.4, -0.2) is 33.5 Å². The highest BCUT2D eigenvalue weighted by atomic mass is 16.4. The molecule has 0 aromatic rings. The summed E-state index contributed by atoms with van der Waals surface area (Å²) in [6.45, 7) is 9.09. The summed E-state index contributed by atoms with van der Waals surface area (Å²) < 4.78 is 0. The molecule has 0 aliphatic rings. The Morgan fingerprint density at radius 3 is 1.38 bits per heavy atom. The van der Waals surface area contributed by atoms with Gasteiger partial charge in [-0.3, -0.25) is 4.79 Å². The maximum atomic E-state index is 10.1. The highest BCUT2D eigenvalue weighted by Gasteiger charge is 1.95. The molecule has 0 atom stereocenters. The van der Waals surface area contributed by atoms with Crippen LogP contribution in [0, 0.1) is 0 Å². The molecular formula is C16H39NO4. The zero-order valence-electron chi connectivity index (χ0n) is 14.8. The molecule has 0 saturated heterocycles. The minimum Gasteiger partial charge on any atom is -0.481 e. The maximum absolute atomic E-state index is 10.1. The van der Waals surface area contributed by atoms with Gasteiger partial charge in [0.2, 0.25) is 0 Å².